The maximum absolute atomic E-state index is 13.5. The first-order valence-corrected chi connectivity index (χ1v) is 14.9. The van der Waals surface area contributed by atoms with Gasteiger partial charge in [-0.05, 0) is 50.1 Å². The molecule has 1 amide bonds. The predicted octanol–water partition coefficient (Wildman–Crippen LogP) is 4.10. The first kappa shape index (κ1) is 32.2. The van der Waals surface area contributed by atoms with Gasteiger partial charge in [0.1, 0.15) is 0 Å². The number of carbonyl (C=O) groups is 2. The number of aromatic nitrogens is 2. The van der Waals surface area contributed by atoms with Gasteiger partial charge < -0.3 is 14.8 Å². The number of alkyl halides is 3. The van der Waals surface area contributed by atoms with E-state index in [1.807, 2.05) is 11.6 Å². The van der Waals surface area contributed by atoms with E-state index in [4.69, 9.17) is 0 Å². The number of piperidine rings is 1. The third-order valence-electron chi connectivity index (χ3n) is 6.75. The van der Waals surface area contributed by atoms with E-state index in [-0.39, 0.29) is 53.6 Å². The third kappa shape index (κ3) is 7.83. The summed E-state index contributed by atoms with van der Waals surface area (Å²) in [5, 5.41) is 20.2. The van der Waals surface area contributed by atoms with Crippen LogP contribution in [0.3, 0.4) is 0 Å². The van der Waals surface area contributed by atoms with Gasteiger partial charge in [-0.15, -0.1) is 5.01 Å². The molecule has 44 heavy (non-hydrogen) atoms. The molecule has 0 bridgehead atoms. The van der Waals surface area contributed by atoms with E-state index in [2.05, 4.69) is 20.0 Å². The zero-order valence-corrected chi connectivity index (χ0v) is 24.5. The van der Waals surface area contributed by atoms with Crippen LogP contribution in [-0.2, 0) is 35.4 Å². The number of sulfonamides is 1. The van der Waals surface area contributed by atoms with Crippen molar-refractivity contribution in [1.29, 1.82) is 0 Å². The zero-order valence-electron chi connectivity index (χ0n) is 23.7. The highest BCUT2D eigenvalue weighted by molar-refractivity contribution is 7.90. The van der Waals surface area contributed by atoms with Crippen molar-refractivity contribution in [2.45, 2.75) is 44.2 Å². The standard InChI is InChI=1S/C27H29F3N6O7S/c1-3-25(37)42-17-43-33-36(39)34-14-12-20(13-15-34)26(38)32-44(40,41)22-10-8-21(9-11-22)35-23(16-24(31-35)27(28,29)30)19-6-4-18(2)5-7-19/h4-11,16,20H,3,12-15,17H2,1-2H3,(H,32,38). The van der Waals surface area contributed by atoms with Crippen molar-refractivity contribution in [1.82, 2.24) is 19.5 Å². The fraction of sp³-hybridized carbons (Fsp3) is 0.370. The Bertz CT molecular complexity index is 1620. The molecule has 0 spiro atoms. The Labute approximate surface area is 250 Å². The molecule has 1 aromatic heterocycles. The van der Waals surface area contributed by atoms with Gasteiger partial charge in [0.05, 0.1) is 34.3 Å². The van der Waals surface area contributed by atoms with E-state index in [0.717, 1.165) is 28.4 Å². The van der Waals surface area contributed by atoms with Gasteiger partial charge in [0.25, 0.3) is 16.8 Å². The number of nitrogens with zero attached hydrogens (tertiary/aromatic N) is 5. The number of hydrazine groups is 1. The molecule has 0 atom stereocenters. The van der Waals surface area contributed by atoms with Crippen molar-refractivity contribution in [2.24, 2.45) is 11.2 Å². The molecule has 0 unspecified atom stereocenters. The molecule has 0 saturated carbocycles. The monoisotopic (exact) mass is 638 g/mol. The van der Waals surface area contributed by atoms with E-state index in [9.17, 15) is 36.4 Å². The molecular weight excluding hydrogens is 609 g/mol. The van der Waals surface area contributed by atoms with Gasteiger partial charge in [-0.3, -0.25) is 9.59 Å². The highest BCUT2D eigenvalue weighted by Crippen LogP contribution is 2.33. The fourth-order valence-corrected chi connectivity index (χ4v) is 5.35. The lowest BCUT2D eigenvalue weighted by molar-refractivity contribution is -0.713. The number of aryl methyl sites for hydroxylation is 1. The number of benzene rings is 2. The smallest absolute Gasteiger partial charge is 0.435 e. The van der Waals surface area contributed by atoms with Crippen molar-refractivity contribution >= 4 is 21.9 Å². The predicted molar refractivity (Wildman–Crippen MR) is 147 cm³/mol. The Hall–Kier alpha value is -4.67. The van der Waals surface area contributed by atoms with Gasteiger partial charge in [0, 0.05) is 17.9 Å². The summed E-state index contributed by atoms with van der Waals surface area (Å²) in [6.07, 6.45) is -4.29. The van der Waals surface area contributed by atoms with Crippen molar-refractivity contribution < 1.29 is 45.7 Å². The Morgan fingerprint density at radius 1 is 1.11 bits per heavy atom. The lowest BCUT2D eigenvalue weighted by Gasteiger charge is -2.27. The highest BCUT2D eigenvalue weighted by atomic mass is 32.2. The minimum absolute atomic E-state index is 0.0744. The molecule has 4 rings (SSSR count). The number of esters is 1. The number of ether oxygens (including phenoxy) is 1. The van der Waals surface area contributed by atoms with Crippen LogP contribution in [0.25, 0.3) is 16.9 Å². The maximum atomic E-state index is 13.5. The lowest BCUT2D eigenvalue weighted by atomic mass is 9.97. The Balaban J connectivity index is 1.41. The molecule has 2 aromatic carbocycles. The number of halogens is 3. The number of amides is 1. The Kier molecular flexibility index (Phi) is 9.76. The van der Waals surface area contributed by atoms with E-state index in [1.54, 1.807) is 31.2 Å². The number of nitrogens with one attached hydrogen (secondary N) is 1. The molecule has 2 heterocycles. The first-order chi connectivity index (χ1) is 20.8. The van der Waals surface area contributed by atoms with E-state index in [0.29, 0.717) is 5.56 Å². The van der Waals surface area contributed by atoms with Crippen molar-refractivity contribution in [2.75, 3.05) is 19.9 Å². The zero-order chi connectivity index (χ0) is 32.1. The van der Waals surface area contributed by atoms with Crippen LogP contribution in [-0.4, -0.2) is 59.9 Å². The summed E-state index contributed by atoms with van der Waals surface area (Å²) in [5.74, 6) is -2.02. The quantitative estimate of drug-likeness (QED) is 0.0862. The molecule has 236 valence electrons. The Morgan fingerprint density at radius 2 is 1.75 bits per heavy atom. The fourth-order valence-electron chi connectivity index (χ4n) is 4.31. The number of rotatable bonds is 10. The summed E-state index contributed by atoms with van der Waals surface area (Å²) in [5.41, 5.74) is 0.616. The van der Waals surface area contributed by atoms with Crippen LogP contribution in [0.5, 0.6) is 0 Å². The molecule has 0 aliphatic carbocycles. The summed E-state index contributed by atoms with van der Waals surface area (Å²) in [6.45, 7) is 3.04. The normalized spacial score (nSPS) is 14.8. The van der Waals surface area contributed by atoms with E-state index >= 15 is 0 Å². The average Bonchev–Trinajstić information content (AvgIpc) is 3.46. The van der Waals surface area contributed by atoms with Gasteiger partial charge in [-0.25, -0.2) is 17.8 Å². The van der Waals surface area contributed by atoms with Crippen molar-refractivity contribution in [3.8, 4) is 16.9 Å². The number of carbonyl (C=O) groups excluding carboxylic acids is 2. The van der Waals surface area contributed by atoms with Crippen molar-refractivity contribution in [3.63, 3.8) is 0 Å². The van der Waals surface area contributed by atoms with Crippen LogP contribution in [0.2, 0.25) is 0 Å². The molecule has 0 radical (unpaired) electrons. The third-order valence-corrected chi connectivity index (χ3v) is 8.11. The van der Waals surface area contributed by atoms with E-state index < -0.39 is 46.5 Å². The number of hydrogen-bond donors (Lipinski definition) is 1. The van der Waals surface area contributed by atoms with Gasteiger partial charge in [0.2, 0.25) is 11.2 Å². The minimum Gasteiger partial charge on any atom is -0.569 e. The molecule has 13 nitrogen and oxygen atoms in total. The van der Waals surface area contributed by atoms with Crippen molar-refractivity contribution in [3.05, 3.63) is 71.1 Å². The molecule has 3 aromatic rings. The van der Waals surface area contributed by atoms with Gasteiger partial charge in [-0.2, -0.15) is 18.3 Å². The van der Waals surface area contributed by atoms with Crippen LogP contribution in [0.1, 0.15) is 37.4 Å². The molecular formula is C27H29F3N6O7S. The van der Waals surface area contributed by atoms with Crippen LogP contribution < -0.4 is 4.72 Å². The van der Waals surface area contributed by atoms with Crippen LogP contribution in [0.15, 0.2) is 64.8 Å². The van der Waals surface area contributed by atoms with Gasteiger partial charge >= 0.3 is 12.1 Å². The van der Waals surface area contributed by atoms with E-state index in [1.165, 1.54) is 17.1 Å². The maximum Gasteiger partial charge on any atom is 0.435 e. The van der Waals surface area contributed by atoms with Gasteiger partial charge in [-0.1, -0.05) is 36.8 Å². The summed E-state index contributed by atoms with van der Waals surface area (Å²) >= 11 is 0. The topological polar surface area (TPSA) is 158 Å². The average molecular weight is 639 g/mol. The SMILES string of the molecule is CCC(=O)OCON=[N+]([O-])N1CCC(C(=O)NS(=O)(=O)c2ccc(-n3nc(C(F)(F)F)cc3-c3ccc(C)cc3)cc2)CC1. The molecule has 1 aliphatic rings. The lowest BCUT2D eigenvalue weighted by Crippen LogP contribution is -2.44. The molecule has 1 saturated heterocycles. The summed E-state index contributed by atoms with van der Waals surface area (Å²) in [6, 6.07) is 12.6. The molecule has 1 aliphatic heterocycles. The van der Waals surface area contributed by atoms with Crippen LogP contribution >= 0.6 is 0 Å². The summed E-state index contributed by atoms with van der Waals surface area (Å²) in [7, 11) is -4.32. The second-order valence-corrected chi connectivity index (χ2v) is 11.5. The number of hydrogen-bond acceptors (Lipinski definition) is 9. The summed E-state index contributed by atoms with van der Waals surface area (Å²) < 4.78 is 74.1. The first-order valence-electron chi connectivity index (χ1n) is 13.4. The Morgan fingerprint density at radius 3 is 2.34 bits per heavy atom. The second kappa shape index (κ2) is 13.3. The molecule has 1 fully saturated rings. The summed E-state index contributed by atoms with van der Waals surface area (Å²) in [4.78, 5) is 28.3. The molecule has 17 heteroatoms. The van der Waals surface area contributed by atoms with Crippen LogP contribution in [0, 0.1) is 18.0 Å². The van der Waals surface area contributed by atoms with Gasteiger partial charge in [0.15, 0.2) is 5.69 Å². The van der Waals surface area contributed by atoms with Crippen LogP contribution in [0.4, 0.5) is 13.2 Å². The highest BCUT2D eigenvalue weighted by Gasteiger charge is 2.35. The second-order valence-electron chi connectivity index (χ2n) is 9.83. The molecule has 1 N–H and O–H groups in total. The minimum atomic E-state index is -4.70. The largest absolute Gasteiger partial charge is 0.569 e.